The molecule has 0 spiro atoms. The zero-order valence-corrected chi connectivity index (χ0v) is 9.53. The van der Waals surface area contributed by atoms with Crippen molar-refractivity contribution < 1.29 is 17.7 Å². The molecule has 0 aromatic carbocycles. The fraction of sp³-hybridized carbons (Fsp3) is 1.00. The highest BCUT2D eigenvalue weighted by molar-refractivity contribution is 7.85. The van der Waals surface area contributed by atoms with Gasteiger partial charge in [0.05, 0.1) is 17.9 Å². The van der Waals surface area contributed by atoms with E-state index < -0.39 is 21.4 Å². The van der Waals surface area contributed by atoms with Gasteiger partial charge in [-0.3, -0.25) is 4.55 Å². The minimum Gasteiger partial charge on any atom is -0.383 e. The summed E-state index contributed by atoms with van der Waals surface area (Å²) in [4.78, 5) is 0. The summed E-state index contributed by atoms with van der Waals surface area (Å²) in [6.45, 7) is 1.43. The van der Waals surface area contributed by atoms with Crippen molar-refractivity contribution in [3.05, 3.63) is 0 Å². The maximum Gasteiger partial charge on any atom is 0.266 e. The van der Waals surface area contributed by atoms with Crippen LogP contribution in [0.15, 0.2) is 0 Å². The summed E-state index contributed by atoms with van der Waals surface area (Å²) < 4.78 is 35.2. The molecule has 0 rings (SSSR count). The van der Waals surface area contributed by atoms with E-state index in [0.717, 1.165) is 0 Å². The molecule has 1 unspecified atom stereocenters. The molecule has 0 amide bonds. The predicted molar refractivity (Wildman–Crippen MR) is 50.2 cm³/mol. The Labute approximate surface area is 87.5 Å². The molecule has 0 aromatic heterocycles. The van der Waals surface area contributed by atoms with Crippen molar-refractivity contribution >= 4 is 33.7 Å². The first-order valence-electron chi connectivity index (χ1n) is 3.27. The zero-order chi connectivity index (χ0) is 10.7. The third-order valence-electron chi connectivity index (χ3n) is 1.36. The van der Waals surface area contributed by atoms with Gasteiger partial charge in [0.2, 0.25) is 0 Å². The third kappa shape index (κ3) is 4.99. The lowest BCUT2D eigenvalue weighted by molar-refractivity contribution is 0.115. The van der Waals surface area contributed by atoms with E-state index in [-0.39, 0.29) is 6.61 Å². The van der Waals surface area contributed by atoms with Gasteiger partial charge in [-0.15, -0.1) is 3.94 Å². The molecular formula is C5H11Cl2NO4S. The van der Waals surface area contributed by atoms with E-state index in [0.29, 0.717) is 3.94 Å². The number of ether oxygens (including phenoxy) is 1. The van der Waals surface area contributed by atoms with Gasteiger partial charge in [0.15, 0.2) is 0 Å². The van der Waals surface area contributed by atoms with Crippen LogP contribution in [0.4, 0.5) is 0 Å². The van der Waals surface area contributed by atoms with E-state index in [1.54, 1.807) is 0 Å². The minimum absolute atomic E-state index is 0.0141. The molecule has 0 heterocycles. The van der Waals surface area contributed by atoms with Crippen LogP contribution >= 0.6 is 23.6 Å². The SMILES string of the molecule is COCC(C)(CS(=O)(=O)O)N(Cl)Cl. The second kappa shape index (κ2) is 4.77. The van der Waals surface area contributed by atoms with E-state index in [4.69, 9.17) is 32.8 Å². The molecule has 0 saturated carbocycles. The lowest BCUT2D eigenvalue weighted by atomic mass is 10.1. The van der Waals surface area contributed by atoms with Gasteiger partial charge in [-0.05, 0) is 30.5 Å². The molecule has 0 aliphatic carbocycles. The predicted octanol–water partition coefficient (Wildman–Crippen LogP) is 0.889. The molecule has 80 valence electrons. The molecule has 0 fully saturated rings. The Morgan fingerprint density at radius 2 is 2.00 bits per heavy atom. The minimum atomic E-state index is -4.14. The summed E-state index contributed by atoms with van der Waals surface area (Å²) in [5.41, 5.74) is -1.16. The van der Waals surface area contributed by atoms with Crippen LogP contribution in [0.3, 0.4) is 0 Å². The Bertz CT molecular complexity index is 255. The van der Waals surface area contributed by atoms with Gasteiger partial charge in [-0.2, -0.15) is 8.42 Å². The van der Waals surface area contributed by atoms with E-state index in [2.05, 4.69) is 0 Å². The standard InChI is InChI=1S/C5H11Cl2NO4S/c1-5(3-12-2,8(6)7)4-13(9,10)11/h3-4H2,1-2H3,(H,9,10,11). The van der Waals surface area contributed by atoms with Crippen LogP contribution in [0.1, 0.15) is 6.92 Å². The smallest absolute Gasteiger partial charge is 0.266 e. The van der Waals surface area contributed by atoms with Crippen LogP contribution in [0.2, 0.25) is 0 Å². The number of hydrogen-bond donors (Lipinski definition) is 1. The summed E-state index contributed by atoms with van der Waals surface area (Å²) >= 11 is 10.8. The van der Waals surface area contributed by atoms with E-state index >= 15 is 0 Å². The lowest BCUT2D eigenvalue weighted by Gasteiger charge is -2.29. The Hall–Kier alpha value is 0.410. The molecule has 8 heteroatoms. The van der Waals surface area contributed by atoms with Gasteiger partial charge in [-0.1, -0.05) is 0 Å². The highest BCUT2D eigenvalue weighted by atomic mass is 35.5. The molecule has 0 aliphatic heterocycles. The summed E-state index contributed by atoms with van der Waals surface area (Å²) in [6, 6.07) is 0. The Kier molecular flexibility index (Phi) is 4.92. The molecule has 0 aromatic rings. The first-order valence-corrected chi connectivity index (χ1v) is 5.56. The highest BCUT2D eigenvalue weighted by Gasteiger charge is 2.35. The molecule has 1 N–H and O–H groups in total. The van der Waals surface area contributed by atoms with Gasteiger partial charge in [-0.25, -0.2) is 0 Å². The van der Waals surface area contributed by atoms with Crippen LogP contribution in [0.25, 0.3) is 0 Å². The van der Waals surface area contributed by atoms with E-state index in [9.17, 15) is 8.42 Å². The van der Waals surface area contributed by atoms with Crippen molar-refractivity contribution in [2.45, 2.75) is 12.5 Å². The van der Waals surface area contributed by atoms with E-state index in [1.807, 2.05) is 0 Å². The van der Waals surface area contributed by atoms with Crippen molar-refractivity contribution in [2.75, 3.05) is 19.5 Å². The molecule has 0 bridgehead atoms. The molecule has 5 nitrogen and oxygen atoms in total. The highest BCUT2D eigenvalue weighted by Crippen LogP contribution is 2.22. The Morgan fingerprint density at radius 1 is 1.54 bits per heavy atom. The van der Waals surface area contributed by atoms with Crippen LogP contribution in [-0.2, 0) is 14.9 Å². The van der Waals surface area contributed by atoms with E-state index in [1.165, 1.54) is 14.0 Å². The second-order valence-corrected chi connectivity index (χ2v) is 5.19. The number of methoxy groups -OCH3 is 1. The lowest BCUT2D eigenvalue weighted by Crippen LogP contribution is -2.46. The maximum absolute atomic E-state index is 10.6. The largest absolute Gasteiger partial charge is 0.383 e. The van der Waals surface area contributed by atoms with Crippen molar-refractivity contribution in [3.63, 3.8) is 0 Å². The number of halogens is 2. The average Bonchev–Trinajstić information content (AvgIpc) is 1.82. The van der Waals surface area contributed by atoms with Crippen LogP contribution < -0.4 is 0 Å². The number of hydrogen-bond acceptors (Lipinski definition) is 4. The van der Waals surface area contributed by atoms with Gasteiger partial charge in [0, 0.05) is 7.11 Å². The molecule has 0 radical (unpaired) electrons. The fourth-order valence-electron chi connectivity index (χ4n) is 0.843. The van der Waals surface area contributed by atoms with Crippen molar-refractivity contribution in [1.82, 2.24) is 3.94 Å². The fourth-order valence-corrected chi connectivity index (χ4v) is 2.20. The normalized spacial score (nSPS) is 17.4. The monoisotopic (exact) mass is 251 g/mol. The van der Waals surface area contributed by atoms with Gasteiger partial charge >= 0.3 is 0 Å². The summed E-state index contributed by atoms with van der Waals surface area (Å²) in [7, 11) is -2.77. The first kappa shape index (κ1) is 13.4. The summed E-state index contributed by atoms with van der Waals surface area (Å²) in [6.07, 6.45) is 0. The third-order valence-corrected chi connectivity index (χ3v) is 3.16. The molecule has 0 saturated heterocycles. The Balaban J connectivity index is 4.61. The molecule has 0 aliphatic rings. The van der Waals surface area contributed by atoms with Crippen LogP contribution in [0, 0.1) is 0 Å². The summed E-state index contributed by atoms with van der Waals surface area (Å²) in [5, 5.41) is 0. The molecule has 13 heavy (non-hydrogen) atoms. The quantitative estimate of drug-likeness (QED) is 0.581. The first-order chi connectivity index (χ1) is 5.71. The number of rotatable bonds is 5. The van der Waals surface area contributed by atoms with Crippen molar-refractivity contribution in [1.29, 1.82) is 0 Å². The molecular weight excluding hydrogens is 241 g/mol. The van der Waals surface area contributed by atoms with Gasteiger partial charge in [0.25, 0.3) is 10.1 Å². The zero-order valence-electron chi connectivity index (χ0n) is 7.20. The van der Waals surface area contributed by atoms with Crippen LogP contribution in [-0.4, -0.2) is 41.9 Å². The van der Waals surface area contributed by atoms with Crippen molar-refractivity contribution in [2.24, 2.45) is 0 Å². The summed E-state index contributed by atoms with van der Waals surface area (Å²) in [5.74, 6) is -0.596. The van der Waals surface area contributed by atoms with Crippen molar-refractivity contribution in [3.8, 4) is 0 Å². The Morgan fingerprint density at radius 3 is 2.23 bits per heavy atom. The molecule has 1 atom stereocenters. The van der Waals surface area contributed by atoms with Crippen LogP contribution in [0.5, 0.6) is 0 Å². The second-order valence-electron chi connectivity index (χ2n) is 2.89. The topological polar surface area (TPSA) is 66.8 Å². The average molecular weight is 252 g/mol. The van der Waals surface area contributed by atoms with Gasteiger partial charge < -0.3 is 4.74 Å². The number of nitrogens with zero attached hydrogens (tertiary/aromatic N) is 1. The van der Waals surface area contributed by atoms with Gasteiger partial charge in [0.1, 0.15) is 0 Å². The maximum atomic E-state index is 10.6.